The molecule has 1 atom stereocenters. The number of rotatable bonds is 12. The number of aliphatic hydroxyl groups excluding tert-OH is 2. The van der Waals surface area contributed by atoms with Gasteiger partial charge in [-0.15, -0.1) is 0 Å². The van der Waals surface area contributed by atoms with Crippen molar-refractivity contribution in [3.63, 3.8) is 0 Å². The van der Waals surface area contributed by atoms with Gasteiger partial charge in [0.25, 0.3) is 0 Å². The first kappa shape index (κ1) is 18.1. The van der Waals surface area contributed by atoms with E-state index in [1.54, 1.807) is 0 Å². The molecular weight excluding hydrogens is 244 g/mol. The maximum Gasteiger partial charge on any atom is 0.305 e. The average molecular weight is 271 g/mol. The Bertz CT molecular complexity index is 238. The van der Waals surface area contributed by atoms with E-state index in [2.05, 4.69) is 19.1 Å². The third kappa shape index (κ3) is 13.4. The summed E-state index contributed by atoms with van der Waals surface area (Å²) in [6, 6.07) is 0. The largest absolute Gasteiger partial charge is 0.463 e. The summed E-state index contributed by atoms with van der Waals surface area (Å²) in [7, 11) is 0. The Labute approximate surface area is 116 Å². The van der Waals surface area contributed by atoms with E-state index < -0.39 is 6.10 Å². The minimum absolute atomic E-state index is 0.121. The molecule has 0 aromatic heterocycles. The molecule has 0 fully saturated rings. The number of aliphatic hydroxyl groups is 2. The normalized spacial score (nSPS) is 12.8. The summed E-state index contributed by atoms with van der Waals surface area (Å²) in [4.78, 5) is 11.2. The molecule has 0 rings (SSSR count). The molecule has 0 aliphatic rings. The highest BCUT2D eigenvalue weighted by Crippen LogP contribution is 2.06. The Morgan fingerprint density at radius 1 is 1.16 bits per heavy atom. The first-order valence-corrected chi connectivity index (χ1v) is 7.09. The smallest absolute Gasteiger partial charge is 0.305 e. The number of unbranched alkanes of at least 4 members (excludes halogenated alkanes) is 5. The molecule has 0 heterocycles. The maximum absolute atomic E-state index is 11.2. The fourth-order valence-electron chi connectivity index (χ4n) is 1.52. The summed E-state index contributed by atoms with van der Waals surface area (Å²) in [6.07, 6.45) is 10.9. The van der Waals surface area contributed by atoms with E-state index in [0.717, 1.165) is 44.9 Å². The van der Waals surface area contributed by atoms with Crippen molar-refractivity contribution in [2.75, 3.05) is 13.2 Å². The predicted molar refractivity (Wildman–Crippen MR) is 75.5 cm³/mol. The SMILES string of the molecule is [CH2-]CCC/C=C/CCCCCC(=O)OC[C@@H](O)CO. The molecule has 0 bridgehead atoms. The van der Waals surface area contributed by atoms with Crippen molar-refractivity contribution in [2.45, 2.75) is 57.5 Å². The van der Waals surface area contributed by atoms with Gasteiger partial charge in [-0.25, -0.2) is 0 Å². The monoisotopic (exact) mass is 271 g/mol. The molecule has 2 N–H and O–H groups in total. The molecule has 0 saturated carbocycles. The molecular formula is C15H27O4-. The second-order valence-corrected chi connectivity index (χ2v) is 4.59. The van der Waals surface area contributed by atoms with Crippen LogP contribution in [0.3, 0.4) is 0 Å². The molecule has 4 nitrogen and oxygen atoms in total. The predicted octanol–water partition coefficient (Wildman–Crippen LogP) is 2.39. The van der Waals surface area contributed by atoms with Gasteiger partial charge in [-0.3, -0.25) is 4.79 Å². The summed E-state index contributed by atoms with van der Waals surface area (Å²) >= 11 is 0. The molecule has 0 saturated heterocycles. The summed E-state index contributed by atoms with van der Waals surface area (Å²) < 4.78 is 4.80. The molecule has 0 amide bonds. The van der Waals surface area contributed by atoms with Crippen LogP contribution in [-0.4, -0.2) is 35.5 Å². The van der Waals surface area contributed by atoms with Crippen LogP contribution >= 0.6 is 0 Å². The van der Waals surface area contributed by atoms with Crippen molar-refractivity contribution in [1.29, 1.82) is 0 Å². The van der Waals surface area contributed by atoms with Crippen LogP contribution in [0, 0.1) is 6.92 Å². The van der Waals surface area contributed by atoms with Gasteiger partial charge < -0.3 is 21.9 Å². The van der Waals surface area contributed by atoms with Crippen LogP contribution in [0.5, 0.6) is 0 Å². The fourth-order valence-corrected chi connectivity index (χ4v) is 1.52. The quantitative estimate of drug-likeness (QED) is 0.247. The molecule has 0 radical (unpaired) electrons. The minimum Gasteiger partial charge on any atom is -0.463 e. The van der Waals surface area contributed by atoms with E-state index in [-0.39, 0.29) is 19.2 Å². The van der Waals surface area contributed by atoms with Gasteiger partial charge in [0.15, 0.2) is 0 Å². The Hall–Kier alpha value is -0.870. The van der Waals surface area contributed by atoms with E-state index in [1.165, 1.54) is 0 Å². The summed E-state index contributed by atoms with van der Waals surface area (Å²) in [5, 5.41) is 17.5. The van der Waals surface area contributed by atoms with Crippen LogP contribution in [0.4, 0.5) is 0 Å². The van der Waals surface area contributed by atoms with Gasteiger partial charge in [-0.1, -0.05) is 25.0 Å². The zero-order valence-corrected chi connectivity index (χ0v) is 11.7. The van der Waals surface area contributed by atoms with Gasteiger partial charge in [0, 0.05) is 6.42 Å². The van der Waals surface area contributed by atoms with Crippen molar-refractivity contribution >= 4 is 5.97 Å². The average Bonchev–Trinajstić information content (AvgIpc) is 2.42. The minimum atomic E-state index is -0.965. The van der Waals surface area contributed by atoms with E-state index in [1.807, 2.05) is 0 Å². The van der Waals surface area contributed by atoms with Gasteiger partial charge in [0.1, 0.15) is 12.7 Å². The first-order valence-electron chi connectivity index (χ1n) is 7.09. The molecule has 0 aromatic carbocycles. The van der Waals surface area contributed by atoms with Crippen LogP contribution in [0.15, 0.2) is 12.2 Å². The molecule has 0 aromatic rings. The van der Waals surface area contributed by atoms with Crippen molar-refractivity contribution in [2.24, 2.45) is 0 Å². The van der Waals surface area contributed by atoms with Crippen molar-refractivity contribution in [1.82, 2.24) is 0 Å². The third-order valence-corrected chi connectivity index (χ3v) is 2.69. The van der Waals surface area contributed by atoms with Gasteiger partial charge in [-0.2, -0.15) is 6.42 Å². The summed E-state index contributed by atoms with van der Waals surface area (Å²) in [5.41, 5.74) is 0. The zero-order valence-electron chi connectivity index (χ0n) is 11.7. The van der Waals surface area contributed by atoms with E-state index >= 15 is 0 Å². The van der Waals surface area contributed by atoms with E-state index in [0.29, 0.717) is 6.42 Å². The van der Waals surface area contributed by atoms with Crippen LogP contribution < -0.4 is 0 Å². The number of allylic oxidation sites excluding steroid dienone is 2. The highest BCUT2D eigenvalue weighted by atomic mass is 16.5. The van der Waals surface area contributed by atoms with E-state index in [4.69, 9.17) is 14.9 Å². The first-order chi connectivity index (χ1) is 9.20. The lowest BCUT2D eigenvalue weighted by Gasteiger charge is -2.08. The Morgan fingerprint density at radius 3 is 2.47 bits per heavy atom. The molecule has 19 heavy (non-hydrogen) atoms. The van der Waals surface area contributed by atoms with Crippen LogP contribution in [0.25, 0.3) is 0 Å². The Balaban J connectivity index is 3.29. The molecule has 112 valence electrons. The number of carbonyl (C=O) groups excluding carboxylic acids is 1. The lowest BCUT2D eigenvalue weighted by molar-refractivity contribution is -0.147. The van der Waals surface area contributed by atoms with Crippen molar-refractivity contribution in [3.8, 4) is 0 Å². The van der Waals surface area contributed by atoms with Crippen LogP contribution in [0.2, 0.25) is 0 Å². The van der Waals surface area contributed by atoms with Gasteiger partial charge in [0.2, 0.25) is 0 Å². The summed E-state index contributed by atoms with van der Waals surface area (Å²) in [5.74, 6) is -0.307. The number of hydrogen-bond acceptors (Lipinski definition) is 4. The second kappa shape index (κ2) is 13.6. The van der Waals surface area contributed by atoms with Crippen LogP contribution in [0.1, 0.15) is 51.4 Å². The second-order valence-electron chi connectivity index (χ2n) is 4.59. The Kier molecular flexibility index (Phi) is 12.9. The number of ether oxygens (including phenoxy) is 1. The van der Waals surface area contributed by atoms with E-state index in [9.17, 15) is 4.79 Å². The lowest BCUT2D eigenvalue weighted by Crippen LogP contribution is -2.21. The van der Waals surface area contributed by atoms with Crippen molar-refractivity contribution in [3.05, 3.63) is 19.1 Å². The standard InChI is InChI=1S/C15H27O4/c1-2-3-4-5-6-7-8-9-10-11-15(18)19-13-14(17)12-16/h5-6,14,16-17H,1-4,7-13H2/q-1/b6-5+/t14-/m0/s1. The highest BCUT2D eigenvalue weighted by molar-refractivity contribution is 5.69. The number of esters is 1. The Morgan fingerprint density at radius 2 is 1.84 bits per heavy atom. The van der Waals surface area contributed by atoms with Crippen LogP contribution in [-0.2, 0) is 9.53 Å². The fraction of sp³-hybridized carbons (Fsp3) is 0.733. The molecule has 0 aliphatic heterocycles. The molecule has 0 spiro atoms. The molecule has 0 aliphatic carbocycles. The van der Waals surface area contributed by atoms with Crippen molar-refractivity contribution < 1.29 is 19.7 Å². The van der Waals surface area contributed by atoms with Gasteiger partial charge in [-0.05, 0) is 25.7 Å². The van der Waals surface area contributed by atoms with Gasteiger partial charge in [0.05, 0.1) is 6.61 Å². The lowest BCUT2D eigenvalue weighted by atomic mass is 10.1. The number of carbonyl (C=O) groups is 1. The third-order valence-electron chi connectivity index (χ3n) is 2.69. The topological polar surface area (TPSA) is 66.8 Å². The highest BCUT2D eigenvalue weighted by Gasteiger charge is 2.06. The number of hydrogen-bond donors (Lipinski definition) is 2. The zero-order chi connectivity index (χ0) is 14.3. The maximum atomic E-state index is 11.2. The molecule has 0 unspecified atom stereocenters. The van der Waals surface area contributed by atoms with Gasteiger partial charge >= 0.3 is 5.97 Å². The summed E-state index contributed by atoms with van der Waals surface area (Å²) in [6.45, 7) is 3.28. The molecule has 4 heteroatoms.